The number of esters is 1. The molecule has 1 unspecified atom stereocenters. The van der Waals surface area contributed by atoms with Crippen LogP contribution in [0, 0.1) is 0 Å². The molecule has 3 aromatic rings. The summed E-state index contributed by atoms with van der Waals surface area (Å²) in [6, 6.07) is 9.32. The fourth-order valence-corrected chi connectivity index (χ4v) is 7.93. The maximum atomic E-state index is 12.7. The van der Waals surface area contributed by atoms with Gasteiger partial charge in [-0.3, -0.25) is 0 Å². The molecular weight excluding hydrogens is 924 g/mol. The molecule has 0 bridgehead atoms. The third-order valence-electron chi connectivity index (χ3n) is 11.8. The van der Waals surface area contributed by atoms with Crippen molar-refractivity contribution < 1.29 is 118 Å². The Morgan fingerprint density at radius 2 is 1.28 bits per heavy atom. The maximum Gasteiger partial charge on any atom is 0.331 e. The summed E-state index contributed by atoms with van der Waals surface area (Å²) in [5, 5.41) is 128. The lowest BCUT2D eigenvalue weighted by atomic mass is 9.97. The van der Waals surface area contributed by atoms with E-state index in [1.165, 1.54) is 76.8 Å². The van der Waals surface area contributed by atoms with Crippen molar-refractivity contribution in [1.82, 2.24) is 0 Å². The SMILES string of the molecule is COc1cc(/C=C/C(=O)O[C@@H]2[C@@H](O)[C@H](O)[C@H](OC[C@H]3O[C@@H](OC4=Cc5c(cc(O)cc5O[C@@H]5O[C@H](CO)[C@H](O)[C@H](O)[C@H]5O)OC4c4cc(OC)c(O)c(OC)c4)[C@H](O)[C@H](O)[C@H]3O)O[C@H]2C)ccc1O. The third-order valence-corrected chi connectivity index (χ3v) is 11.8. The first-order chi connectivity index (χ1) is 32.9. The van der Waals surface area contributed by atoms with E-state index in [0.717, 1.165) is 12.1 Å². The highest BCUT2D eigenvalue weighted by molar-refractivity contribution is 5.87. The predicted octanol–water partition coefficient (Wildman–Crippen LogP) is -1.58. The van der Waals surface area contributed by atoms with E-state index >= 15 is 0 Å². The fraction of sp³-hybridized carbons (Fsp3) is 0.489. The van der Waals surface area contributed by atoms with Crippen molar-refractivity contribution in [3.05, 3.63) is 71.0 Å². The highest BCUT2D eigenvalue weighted by atomic mass is 16.7. The minimum absolute atomic E-state index is 0.00592. The Bertz CT molecular complexity index is 2310. The number of carbonyl (C=O) groups is 1. The quantitative estimate of drug-likeness (QED) is 0.0604. The Labute approximate surface area is 392 Å². The minimum atomic E-state index is -1.98. The molecule has 0 amide bonds. The van der Waals surface area contributed by atoms with Gasteiger partial charge in [-0.05, 0) is 48.9 Å². The summed E-state index contributed by atoms with van der Waals surface area (Å²) in [5.41, 5.74) is 0.648. The van der Waals surface area contributed by atoms with Gasteiger partial charge in [0.15, 0.2) is 41.5 Å². The Morgan fingerprint density at radius 3 is 1.91 bits per heavy atom. The minimum Gasteiger partial charge on any atom is -0.508 e. The van der Waals surface area contributed by atoms with E-state index in [1.54, 1.807) is 0 Å². The molecule has 7 rings (SSSR count). The second-order valence-electron chi connectivity index (χ2n) is 16.3. The van der Waals surface area contributed by atoms with Crippen LogP contribution in [-0.2, 0) is 33.2 Å². The Balaban J connectivity index is 1.11. The molecule has 0 saturated carbocycles. The van der Waals surface area contributed by atoms with E-state index in [4.69, 9.17) is 52.1 Å². The van der Waals surface area contributed by atoms with Gasteiger partial charge in [-0.1, -0.05) is 6.07 Å². The lowest BCUT2D eigenvalue weighted by Gasteiger charge is -2.43. The number of hydrogen-bond acceptors (Lipinski definition) is 24. The van der Waals surface area contributed by atoms with Gasteiger partial charge in [0, 0.05) is 23.8 Å². The van der Waals surface area contributed by atoms with Crippen LogP contribution in [-0.4, -0.2) is 194 Å². The van der Waals surface area contributed by atoms with Crippen LogP contribution in [0.15, 0.2) is 54.3 Å². The van der Waals surface area contributed by atoms with E-state index in [2.05, 4.69) is 0 Å². The molecule has 0 aromatic heterocycles. The lowest BCUT2D eigenvalue weighted by molar-refractivity contribution is -0.325. The van der Waals surface area contributed by atoms with E-state index in [-0.39, 0.29) is 57.1 Å². The largest absolute Gasteiger partial charge is 0.508 e. The van der Waals surface area contributed by atoms with Gasteiger partial charge < -0.3 is 113 Å². The van der Waals surface area contributed by atoms with E-state index in [0.29, 0.717) is 5.56 Å². The summed E-state index contributed by atoms with van der Waals surface area (Å²) in [6.45, 7) is -0.00268. The maximum absolute atomic E-state index is 12.7. The number of methoxy groups -OCH3 is 3. The number of carbonyl (C=O) groups excluding carboxylic acids is 1. The Morgan fingerprint density at radius 1 is 0.667 bits per heavy atom. The van der Waals surface area contributed by atoms with Crippen LogP contribution in [0.2, 0.25) is 0 Å². The summed E-state index contributed by atoms with van der Waals surface area (Å²) < 4.78 is 62.5. The van der Waals surface area contributed by atoms with E-state index in [1.807, 2.05) is 0 Å². The zero-order valence-corrected chi connectivity index (χ0v) is 37.2. The van der Waals surface area contributed by atoms with Crippen molar-refractivity contribution in [3.63, 3.8) is 0 Å². The third kappa shape index (κ3) is 10.7. The molecule has 3 saturated heterocycles. The summed E-state index contributed by atoms with van der Waals surface area (Å²) >= 11 is 0. The fourth-order valence-electron chi connectivity index (χ4n) is 7.93. The zero-order chi connectivity index (χ0) is 50.0. The van der Waals surface area contributed by atoms with Gasteiger partial charge in [0.1, 0.15) is 84.0 Å². The number of phenols is 3. The number of hydrogen-bond donors (Lipinski definition) is 12. The first-order valence-corrected chi connectivity index (χ1v) is 21.3. The lowest BCUT2D eigenvalue weighted by Crippen LogP contribution is -2.61. The van der Waals surface area contributed by atoms with Crippen LogP contribution >= 0.6 is 0 Å². The zero-order valence-electron chi connectivity index (χ0n) is 37.2. The number of rotatable bonds is 15. The van der Waals surface area contributed by atoms with E-state index in [9.17, 15) is 66.1 Å². The Kier molecular flexibility index (Phi) is 15.9. The summed E-state index contributed by atoms with van der Waals surface area (Å²) in [6.07, 6.45) is -23.0. The first kappa shape index (κ1) is 51.1. The molecule has 3 aromatic carbocycles. The summed E-state index contributed by atoms with van der Waals surface area (Å²) in [5.74, 6) is -2.39. The predicted molar refractivity (Wildman–Crippen MR) is 229 cm³/mol. The van der Waals surface area contributed by atoms with Gasteiger partial charge in [-0.15, -0.1) is 0 Å². The van der Waals surface area contributed by atoms with Crippen molar-refractivity contribution in [2.45, 2.75) is 105 Å². The van der Waals surface area contributed by atoms with Crippen LogP contribution in [0.5, 0.6) is 46.0 Å². The van der Waals surface area contributed by atoms with Gasteiger partial charge >= 0.3 is 5.97 Å². The van der Waals surface area contributed by atoms with Crippen molar-refractivity contribution in [2.75, 3.05) is 34.5 Å². The van der Waals surface area contributed by atoms with Gasteiger partial charge in [0.05, 0.1) is 46.2 Å². The number of phenolic OH excluding ortho intramolecular Hbond substituents is 3. The summed E-state index contributed by atoms with van der Waals surface area (Å²) in [7, 11) is 3.90. The van der Waals surface area contributed by atoms with Gasteiger partial charge in [-0.2, -0.15) is 0 Å². The van der Waals surface area contributed by atoms with Gasteiger partial charge in [0.25, 0.3) is 0 Å². The van der Waals surface area contributed by atoms with Crippen molar-refractivity contribution in [1.29, 1.82) is 0 Å². The monoisotopic (exact) mass is 978 g/mol. The molecule has 24 heteroatoms. The molecule has 0 spiro atoms. The van der Waals surface area contributed by atoms with Gasteiger partial charge in [0.2, 0.25) is 18.3 Å². The Hall–Kier alpha value is -5.71. The van der Waals surface area contributed by atoms with E-state index < -0.39 is 123 Å². The molecule has 378 valence electrons. The van der Waals surface area contributed by atoms with Crippen LogP contribution in [0.1, 0.15) is 29.7 Å². The summed E-state index contributed by atoms with van der Waals surface area (Å²) in [4.78, 5) is 12.7. The first-order valence-electron chi connectivity index (χ1n) is 21.3. The molecular formula is C45H54O24. The molecule has 0 radical (unpaired) electrons. The number of aliphatic hydroxyl groups excluding tert-OH is 9. The number of benzene rings is 3. The highest BCUT2D eigenvalue weighted by Gasteiger charge is 2.50. The second-order valence-corrected chi connectivity index (χ2v) is 16.3. The molecule has 4 aliphatic rings. The van der Waals surface area contributed by atoms with Gasteiger partial charge in [-0.25, -0.2) is 4.79 Å². The molecule has 0 aliphatic carbocycles. The normalized spacial score (nSPS) is 33.4. The molecule has 16 atom stereocenters. The molecule has 24 nitrogen and oxygen atoms in total. The average molecular weight is 979 g/mol. The average Bonchev–Trinajstić information content (AvgIpc) is 3.33. The molecule has 12 N–H and O–H groups in total. The number of aliphatic hydroxyl groups is 9. The number of ether oxygens (including phenoxy) is 11. The molecule has 4 aliphatic heterocycles. The molecule has 3 fully saturated rings. The van der Waals surface area contributed by atoms with Crippen molar-refractivity contribution in [2.24, 2.45) is 0 Å². The van der Waals surface area contributed by atoms with Crippen LogP contribution in [0.3, 0.4) is 0 Å². The standard InChI is InChI=1S/C45H54O24/c1-17-41(69-31(49)8-6-18-5-7-22(48)25(9-18)59-2)37(55)40(58)43(63-17)62-16-30-34(52)36(54)39(57)45(68-30)66-28-14-21-23(64-42(28)19-10-26(60-3)32(50)27(11-19)61-4)12-20(47)13-24(21)65-44-38(56)35(53)33(51)29(15-46)67-44/h5-14,17,29-30,33-48,50-58H,15-16H2,1-4H3/b8-6+/t17-,29+,30+,33-,34-,35-,36+,37-,38+,39+,40-,41-,42?,43+,44+,45+/m0/s1. The van der Waals surface area contributed by atoms with Crippen molar-refractivity contribution >= 4 is 18.1 Å². The van der Waals surface area contributed by atoms with Crippen LogP contribution in [0.25, 0.3) is 12.2 Å². The number of aromatic hydroxyl groups is 3. The van der Waals surface area contributed by atoms with Crippen molar-refractivity contribution in [3.8, 4) is 46.0 Å². The molecule has 69 heavy (non-hydrogen) atoms. The highest BCUT2D eigenvalue weighted by Crippen LogP contribution is 2.48. The topological polar surface area (TPSA) is 361 Å². The van der Waals surface area contributed by atoms with Crippen LogP contribution in [0.4, 0.5) is 0 Å². The smallest absolute Gasteiger partial charge is 0.331 e. The second kappa shape index (κ2) is 21.5. The molecule has 4 heterocycles. The number of fused-ring (bicyclic) bond motifs is 1. The van der Waals surface area contributed by atoms with Crippen LogP contribution < -0.4 is 23.7 Å².